The van der Waals surface area contributed by atoms with Crippen molar-refractivity contribution in [2.45, 2.75) is 19.3 Å². The Morgan fingerprint density at radius 3 is 3.00 bits per heavy atom. The van der Waals surface area contributed by atoms with Crippen LogP contribution in [-0.2, 0) is 11.2 Å². The predicted octanol–water partition coefficient (Wildman–Crippen LogP) is 2.84. The van der Waals surface area contributed by atoms with Crippen LogP contribution in [-0.4, -0.2) is 5.24 Å². The van der Waals surface area contributed by atoms with Crippen molar-refractivity contribution < 1.29 is 4.79 Å². The van der Waals surface area contributed by atoms with Crippen LogP contribution in [0.4, 0.5) is 0 Å². The quantitative estimate of drug-likeness (QED) is 0.665. The highest BCUT2D eigenvalue weighted by molar-refractivity contribution is 7.07. The second-order valence-corrected chi connectivity index (χ2v) is 3.54. The number of halogens is 1. The lowest BCUT2D eigenvalue weighted by molar-refractivity contribution is -0.111. The second kappa shape index (κ2) is 4.52. The van der Waals surface area contributed by atoms with Gasteiger partial charge in [0.1, 0.15) is 0 Å². The van der Waals surface area contributed by atoms with E-state index < -0.39 is 0 Å². The summed E-state index contributed by atoms with van der Waals surface area (Å²) in [5.74, 6) is 0. The van der Waals surface area contributed by atoms with Crippen LogP contribution in [0.2, 0.25) is 0 Å². The number of hydrogen-bond acceptors (Lipinski definition) is 2. The third-order valence-electron chi connectivity index (χ3n) is 1.42. The maximum atomic E-state index is 10.3. The van der Waals surface area contributed by atoms with Gasteiger partial charge in [0.25, 0.3) is 0 Å². The first-order chi connectivity index (χ1) is 5.29. The molecule has 60 valence electrons. The lowest BCUT2D eigenvalue weighted by Crippen LogP contribution is -1.88. The van der Waals surface area contributed by atoms with Gasteiger partial charge in [-0.1, -0.05) is 0 Å². The Morgan fingerprint density at radius 2 is 2.45 bits per heavy atom. The van der Waals surface area contributed by atoms with E-state index in [9.17, 15) is 4.79 Å². The Labute approximate surface area is 75.0 Å². The first-order valence-corrected chi connectivity index (χ1v) is 4.80. The Kier molecular flexibility index (Phi) is 3.60. The molecule has 0 N–H and O–H groups in total. The van der Waals surface area contributed by atoms with E-state index >= 15 is 0 Å². The normalized spacial score (nSPS) is 9.91. The molecule has 0 aliphatic heterocycles. The first-order valence-electron chi connectivity index (χ1n) is 3.48. The molecule has 0 saturated heterocycles. The van der Waals surface area contributed by atoms with Gasteiger partial charge in [-0.05, 0) is 46.8 Å². The minimum absolute atomic E-state index is 0.236. The minimum Gasteiger partial charge on any atom is -0.281 e. The van der Waals surface area contributed by atoms with E-state index in [0.717, 1.165) is 12.8 Å². The topological polar surface area (TPSA) is 17.1 Å². The van der Waals surface area contributed by atoms with Crippen molar-refractivity contribution in [1.82, 2.24) is 0 Å². The molecule has 0 spiro atoms. The minimum atomic E-state index is -0.236. The molecule has 0 unspecified atom stereocenters. The molecule has 0 atom stereocenters. The lowest BCUT2D eigenvalue weighted by atomic mass is 10.1. The molecule has 0 aromatic carbocycles. The van der Waals surface area contributed by atoms with E-state index in [4.69, 9.17) is 11.6 Å². The molecule has 0 radical (unpaired) electrons. The van der Waals surface area contributed by atoms with Gasteiger partial charge in [0.05, 0.1) is 0 Å². The number of thiophene rings is 1. The standard InChI is InChI=1S/C8H9ClOS/c9-8(10)3-1-2-7-4-5-11-6-7/h4-6H,1-3H2. The predicted molar refractivity (Wildman–Crippen MR) is 48.1 cm³/mol. The lowest BCUT2D eigenvalue weighted by Gasteiger charge is -1.92. The van der Waals surface area contributed by atoms with Crippen LogP contribution in [0.5, 0.6) is 0 Å². The molecule has 1 heterocycles. The highest BCUT2D eigenvalue weighted by Crippen LogP contribution is 2.09. The molecule has 0 saturated carbocycles. The smallest absolute Gasteiger partial charge is 0.221 e. The maximum absolute atomic E-state index is 10.3. The van der Waals surface area contributed by atoms with Crippen molar-refractivity contribution in [3.63, 3.8) is 0 Å². The number of rotatable bonds is 4. The number of hydrogen-bond donors (Lipinski definition) is 0. The van der Waals surface area contributed by atoms with Crippen molar-refractivity contribution in [1.29, 1.82) is 0 Å². The Morgan fingerprint density at radius 1 is 1.64 bits per heavy atom. The summed E-state index contributed by atoms with van der Waals surface area (Å²) >= 11 is 6.86. The first kappa shape index (κ1) is 8.75. The summed E-state index contributed by atoms with van der Waals surface area (Å²) in [5.41, 5.74) is 1.30. The van der Waals surface area contributed by atoms with Gasteiger partial charge in [-0.25, -0.2) is 0 Å². The molecule has 1 rings (SSSR count). The molecule has 0 amide bonds. The molecule has 0 aliphatic carbocycles. The van der Waals surface area contributed by atoms with Gasteiger partial charge in [0.2, 0.25) is 5.24 Å². The third-order valence-corrected chi connectivity index (χ3v) is 2.34. The summed E-state index contributed by atoms with van der Waals surface area (Å²) in [7, 11) is 0. The average Bonchev–Trinajstić information content (AvgIpc) is 2.39. The van der Waals surface area contributed by atoms with E-state index in [1.54, 1.807) is 11.3 Å². The van der Waals surface area contributed by atoms with Crippen molar-refractivity contribution in [3.05, 3.63) is 22.4 Å². The van der Waals surface area contributed by atoms with Crippen LogP contribution in [0.25, 0.3) is 0 Å². The fourth-order valence-corrected chi connectivity index (χ4v) is 1.70. The Balaban J connectivity index is 2.19. The second-order valence-electron chi connectivity index (χ2n) is 2.34. The van der Waals surface area contributed by atoms with Crippen molar-refractivity contribution in [2.75, 3.05) is 0 Å². The van der Waals surface area contributed by atoms with E-state index in [0.29, 0.717) is 6.42 Å². The van der Waals surface area contributed by atoms with Crippen LogP contribution < -0.4 is 0 Å². The summed E-state index contributed by atoms with van der Waals surface area (Å²) in [6.45, 7) is 0. The van der Waals surface area contributed by atoms with Gasteiger partial charge in [-0.2, -0.15) is 11.3 Å². The largest absolute Gasteiger partial charge is 0.281 e. The Hall–Kier alpha value is -0.340. The summed E-state index contributed by atoms with van der Waals surface area (Å²) < 4.78 is 0. The zero-order valence-corrected chi connectivity index (χ0v) is 7.62. The molecule has 1 nitrogen and oxygen atoms in total. The van der Waals surface area contributed by atoms with Gasteiger partial charge in [0.15, 0.2) is 0 Å². The number of carbonyl (C=O) groups is 1. The van der Waals surface area contributed by atoms with Gasteiger partial charge in [-0.3, -0.25) is 4.79 Å². The molecule has 1 aromatic rings. The summed E-state index contributed by atoms with van der Waals surface area (Å²) in [6, 6.07) is 2.07. The monoisotopic (exact) mass is 188 g/mol. The van der Waals surface area contributed by atoms with Gasteiger partial charge >= 0.3 is 0 Å². The average molecular weight is 189 g/mol. The Bertz CT molecular complexity index is 218. The van der Waals surface area contributed by atoms with E-state index in [2.05, 4.69) is 11.4 Å². The van der Waals surface area contributed by atoms with Crippen LogP contribution in [0.15, 0.2) is 16.8 Å². The molecule has 0 aliphatic rings. The molecular weight excluding hydrogens is 180 g/mol. The molecule has 11 heavy (non-hydrogen) atoms. The van der Waals surface area contributed by atoms with Gasteiger partial charge < -0.3 is 0 Å². The van der Waals surface area contributed by atoms with Crippen LogP contribution in [0, 0.1) is 0 Å². The fourth-order valence-electron chi connectivity index (χ4n) is 0.866. The highest BCUT2D eigenvalue weighted by atomic mass is 35.5. The highest BCUT2D eigenvalue weighted by Gasteiger charge is 1.97. The number of aryl methyl sites for hydroxylation is 1. The van der Waals surface area contributed by atoms with Crippen LogP contribution in [0.3, 0.4) is 0 Å². The van der Waals surface area contributed by atoms with Gasteiger partial charge in [0, 0.05) is 6.42 Å². The molecule has 0 fully saturated rings. The fraction of sp³-hybridized carbons (Fsp3) is 0.375. The van der Waals surface area contributed by atoms with E-state index in [1.807, 2.05) is 5.38 Å². The SMILES string of the molecule is O=C(Cl)CCCc1ccsc1. The van der Waals surface area contributed by atoms with E-state index in [-0.39, 0.29) is 5.24 Å². The maximum Gasteiger partial charge on any atom is 0.221 e. The summed E-state index contributed by atoms with van der Waals surface area (Å²) in [6.07, 6.45) is 2.30. The van der Waals surface area contributed by atoms with E-state index in [1.165, 1.54) is 5.56 Å². The zero-order chi connectivity index (χ0) is 8.10. The number of carbonyl (C=O) groups excluding carboxylic acids is 1. The summed E-state index contributed by atoms with van der Waals surface area (Å²) in [4.78, 5) is 10.3. The molecule has 0 bridgehead atoms. The van der Waals surface area contributed by atoms with Crippen molar-refractivity contribution >= 4 is 28.2 Å². The summed E-state index contributed by atoms with van der Waals surface area (Å²) in [5, 5.41) is 3.90. The van der Waals surface area contributed by atoms with Crippen molar-refractivity contribution in [2.24, 2.45) is 0 Å². The molecular formula is C8H9ClOS. The third kappa shape index (κ3) is 3.54. The van der Waals surface area contributed by atoms with Crippen LogP contribution >= 0.6 is 22.9 Å². The molecule has 1 aromatic heterocycles. The van der Waals surface area contributed by atoms with Crippen LogP contribution in [0.1, 0.15) is 18.4 Å². The zero-order valence-electron chi connectivity index (χ0n) is 6.05. The van der Waals surface area contributed by atoms with Gasteiger partial charge in [-0.15, -0.1) is 0 Å². The van der Waals surface area contributed by atoms with Crippen molar-refractivity contribution in [3.8, 4) is 0 Å². The molecule has 3 heteroatoms.